The maximum atomic E-state index is 13.1. The van der Waals surface area contributed by atoms with Gasteiger partial charge in [-0.2, -0.15) is 0 Å². The second kappa shape index (κ2) is 7.26. The number of hydrogen-bond donors (Lipinski definition) is 1. The number of H-pyrrole nitrogens is 1. The molecule has 1 amide bonds. The van der Waals surface area contributed by atoms with Crippen LogP contribution in [0.5, 0.6) is 0 Å². The van der Waals surface area contributed by atoms with Crippen LogP contribution in [0.3, 0.4) is 0 Å². The Morgan fingerprint density at radius 1 is 1.16 bits per heavy atom. The quantitative estimate of drug-likeness (QED) is 0.661. The van der Waals surface area contributed by atoms with Crippen LogP contribution in [0.1, 0.15) is 46.7 Å². The molecule has 0 bridgehead atoms. The lowest BCUT2D eigenvalue weighted by atomic mass is 9.75. The maximum absolute atomic E-state index is 13.1. The van der Waals surface area contributed by atoms with E-state index in [0.717, 1.165) is 15.5 Å². The number of nitrogens with zero attached hydrogens (tertiary/aromatic N) is 4. The van der Waals surface area contributed by atoms with Gasteiger partial charge in [0.15, 0.2) is 10.9 Å². The van der Waals surface area contributed by atoms with E-state index >= 15 is 0 Å². The van der Waals surface area contributed by atoms with Gasteiger partial charge in [0.2, 0.25) is 0 Å². The highest BCUT2D eigenvalue weighted by Crippen LogP contribution is 2.33. The first-order chi connectivity index (χ1) is 14.8. The van der Waals surface area contributed by atoms with E-state index in [1.807, 2.05) is 26.0 Å². The molecule has 9 heteroatoms. The first-order valence-electron chi connectivity index (χ1n) is 10.4. The zero-order valence-corrected chi connectivity index (χ0v) is 18.3. The molecular weight excluding hydrogens is 414 g/mol. The minimum absolute atomic E-state index is 0.0224. The molecule has 3 aromatic rings. The number of pyridine rings is 2. The summed E-state index contributed by atoms with van der Waals surface area (Å²) in [4.78, 5) is 54.8. The third kappa shape index (κ3) is 3.63. The van der Waals surface area contributed by atoms with Crippen LogP contribution in [0.2, 0.25) is 0 Å². The van der Waals surface area contributed by atoms with Crippen molar-refractivity contribution < 1.29 is 9.59 Å². The molecule has 5 rings (SSSR count). The van der Waals surface area contributed by atoms with E-state index in [9.17, 15) is 14.4 Å². The largest absolute Gasteiger partial charge is 0.344 e. The molecule has 160 valence electrons. The zero-order valence-electron chi connectivity index (χ0n) is 17.5. The number of aromatic amines is 1. The van der Waals surface area contributed by atoms with Crippen molar-refractivity contribution in [1.29, 1.82) is 0 Å². The highest BCUT2D eigenvalue weighted by atomic mass is 32.1. The summed E-state index contributed by atoms with van der Waals surface area (Å²) in [6.45, 7) is 6.24. The SMILES string of the molecule is CC1(C)CC(=O)c2cc(C(=O)N3CCN(c4nc5cccnc5s4)CC3)c(=O)[nH]c2C1. The molecule has 0 aromatic carbocycles. The Morgan fingerprint density at radius 2 is 1.94 bits per heavy atom. The number of hydrogen-bond acceptors (Lipinski definition) is 7. The predicted octanol–water partition coefficient (Wildman–Crippen LogP) is 2.50. The Kier molecular flexibility index (Phi) is 4.65. The molecule has 0 atom stereocenters. The van der Waals surface area contributed by atoms with Crippen LogP contribution in [0.4, 0.5) is 5.13 Å². The number of amides is 1. The van der Waals surface area contributed by atoms with Gasteiger partial charge in [-0.25, -0.2) is 9.97 Å². The van der Waals surface area contributed by atoms with E-state index in [-0.39, 0.29) is 22.7 Å². The lowest BCUT2D eigenvalue weighted by molar-refractivity contribution is 0.0745. The molecule has 2 aliphatic rings. The second-order valence-electron chi connectivity index (χ2n) is 8.95. The number of carbonyl (C=O) groups is 2. The average molecular weight is 438 g/mol. The molecule has 1 aliphatic heterocycles. The smallest absolute Gasteiger partial charge is 0.261 e. The van der Waals surface area contributed by atoms with Crippen LogP contribution in [0.25, 0.3) is 10.3 Å². The van der Waals surface area contributed by atoms with Crippen molar-refractivity contribution in [2.24, 2.45) is 5.41 Å². The van der Waals surface area contributed by atoms with Crippen LogP contribution >= 0.6 is 11.3 Å². The number of ketones is 1. The number of Topliss-reactive ketones (excluding diaryl/α,β-unsaturated/α-hetero) is 1. The van der Waals surface area contributed by atoms with Crippen molar-refractivity contribution in [1.82, 2.24) is 19.9 Å². The van der Waals surface area contributed by atoms with Crippen molar-refractivity contribution in [2.45, 2.75) is 26.7 Å². The molecule has 8 nitrogen and oxygen atoms in total. The van der Waals surface area contributed by atoms with E-state index in [4.69, 9.17) is 0 Å². The van der Waals surface area contributed by atoms with Gasteiger partial charge in [-0.05, 0) is 30.0 Å². The summed E-state index contributed by atoms with van der Waals surface area (Å²) >= 11 is 1.54. The fraction of sp³-hybridized carbons (Fsp3) is 0.409. The molecule has 0 unspecified atom stereocenters. The highest BCUT2D eigenvalue weighted by Gasteiger charge is 2.33. The first-order valence-corrected chi connectivity index (χ1v) is 11.2. The molecule has 4 heterocycles. The van der Waals surface area contributed by atoms with Gasteiger partial charge in [0, 0.05) is 50.1 Å². The Labute approximate surface area is 182 Å². The van der Waals surface area contributed by atoms with Gasteiger partial charge in [-0.1, -0.05) is 25.2 Å². The van der Waals surface area contributed by atoms with Crippen LogP contribution < -0.4 is 10.5 Å². The van der Waals surface area contributed by atoms with Gasteiger partial charge >= 0.3 is 0 Å². The van der Waals surface area contributed by atoms with Crippen molar-refractivity contribution in [3.05, 3.63) is 51.6 Å². The van der Waals surface area contributed by atoms with Crippen molar-refractivity contribution in [3.63, 3.8) is 0 Å². The highest BCUT2D eigenvalue weighted by molar-refractivity contribution is 7.21. The fourth-order valence-corrected chi connectivity index (χ4v) is 5.31. The van der Waals surface area contributed by atoms with Crippen molar-refractivity contribution >= 4 is 38.5 Å². The molecule has 1 aliphatic carbocycles. The summed E-state index contributed by atoms with van der Waals surface area (Å²) < 4.78 is 0. The van der Waals surface area contributed by atoms with Gasteiger partial charge in [-0.15, -0.1) is 0 Å². The average Bonchev–Trinajstić information content (AvgIpc) is 3.16. The number of fused-ring (bicyclic) bond motifs is 2. The molecule has 0 saturated carbocycles. The monoisotopic (exact) mass is 437 g/mol. The molecule has 31 heavy (non-hydrogen) atoms. The normalized spacial score (nSPS) is 18.3. The van der Waals surface area contributed by atoms with E-state index in [1.165, 1.54) is 17.4 Å². The van der Waals surface area contributed by atoms with Crippen molar-refractivity contribution in [3.8, 4) is 0 Å². The molecule has 1 N–H and O–H groups in total. The minimum atomic E-state index is -0.422. The summed E-state index contributed by atoms with van der Waals surface area (Å²) in [5, 5.41) is 0.889. The van der Waals surface area contributed by atoms with Crippen LogP contribution in [-0.2, 0) is 6.42 Å². The Bertz CT molecular complexity index is 1220. The van der Waals surface area contributed by atoms with Gasteiger partial charge in [0.1, 0.15) is 15.9 Å². The summed E-state index contributed by atoms with van der Waals surface area (Å²) in [6.07, 6.45) is 2.78. The number of aromatic nitrogens is 3. The lowest BCUT2D eigenvalue weighted by Gasteiger charge is -2.34. The Hall–Kier alpha value is -3.07. The van der Waals surface area contributed by atoms with E-state index in [2.05, 4.69) is 19.9 Å². The number of thiazole rings is 1. The summed E-state index contributed by atoms with van der Waals surface area (Å²) in [5.41, 5.74) is 1.41. The van der Waals surface area contributed by atoms with Crippen LogP contribution in [-0.4, -0.2) is 57.7 Å². The van der Waals surface area contributed by atoms with E-state index in [0.29, 0.717) is 50.3 Å². The summed E-state index contributed by atoms with van der Waals surface area (Å²) in [6, 6.07) is 5.30. The third-order valence-electron chi connectivity index (χ3n) is 5.94. The zero-order chi connectivity index (χ0) is 21.8. The van der Waals surface area contributed by atoms with Gasteiger partial charge in [0.25, 0.3) is 11.5 Å². The first kappa shape index (κ1) is 19.9. The maximum Gasteiger partial charge on any atom is 0.261 e. The third-order valence-corrected chi connectivity index (χ3v) is 6.98. The fourth-order valence-electron chi connectivity index (χ4n) is 4.35. The summed E-state index contributed by atoms with van der Waals surface area (Å²) in [5.74, 6) is -0.349. The number of rotatable bonds is 2. The molecule has 1 saturated heterocycles. The number of carbonyl (C=O) groups excluding carboxylic acids is 2. The van der Waals surface area contributed by atoms with Gasteiger partial charge in [0.05, 0.1) is 0 Å². The second-order valence-corrected chi connectivity index (χ2v) is 9.90. The molecular formula is C22H23N5O3S. The Morgan fingerprint density at radius 3 is 2.68 bits per heavy atom. The Balaban J connectivity index is 1.33. The molecule has 0 radical (unpaired) electrons. The summed E-state index contributed by atoms with van der Waals surface area (Å²) in [7, 11) is 0. The lowest BCUT2D eigenvalue weighted by Crippen LogP contribution is -2.49. The number of anilines is 1. The van der Waals surface area contributed by atoms with Gasteiger partial charge in [-0.3, -0.25) is 14.4 Å². The van der Waals surface area contributed by atoms with E-state index in [1.54, 1.807) is 11.1 Å². The van der Waals surface area contributed by atoms with Crippen LogP contribution in [0.15, 0.2) is 29.2 Å². The predicted molar refractivity (Wildman–Crippen MR) is 119 cm³/mol. The van der Waals surface area contributed by atoms with Crippen LogP contribution in [0, 0.1) is 5.41 Å². The standard InChI is InChI=1S/C22H23N5O3S/c1-22(2)11-16-13(17(28)12-22)10-14(18(29)24-16)20(30)26-6-8-27(9-7-26)21-25-15-4-3-5-23-19(15)31-21/h3-5,10H,6-9,11-12H2,1-2H3,(H,24,29). The topological polar surface area (TPSA) is 99.3 Å². The molecule has 0 spiro atoms. The molecule has 1 fully saturated rings. The minimum Gasteiger partial charge on any atom is -0.344 e. The van der Waals surface area contributed by atoms with E-state index < -0.39 is 5.56 Å². The number of nitrogens with one attached hydrogen (secondary N) is 1. The molecule has 3 aromatic heterocycles. The number of piperazine rings is 1. The van der Waals surface area contributed by atoms with Gasteiger partial charge < -0.3 is 14.8 Å². The van der Waals surface area contributed by atoms with Crippen molar-refractivity contribution in [2.75, 3.05) is 31.1 Å².